The molecule has 4 rings (SSSR count). The highest BCUT2D eigenvalue weighted by atomic mass is 35.5. The molecule has 2 heterocycles. The van der Waals surface area contributed by atoms with E-state index < -0.39 is 0 Å². The Kier molecular flexibility index (Phi) is 4.77. The van der Waals surface area contributed by atoms with E-state index in [0.29, 0.717) is 22.4 Å². The van der Waals surface area contributed by atoms with Gasteiger partial charge in [-0.15, -0.1) is 0 Å². The van der Waals surface area contributed by atoms with E-state index in [1.807, 2.05) is 25.1 Å². The van der Waals surface area contributed by atoms with Gasteiger partial charge in [-0.05, 0) is 48.2 Å². The van der Waals surface area contributed by atoms with Gasteiger partial charge in [-0.25, -0.2) is 9.97 Å². The fraction of sp³-hybridized carbons (Fsp3) is 0.190. The number of rotatable bonds is 3. The number of nitrogens with one attached hydrogen (secondary N) is 1. The number of anilines is 2. The molecule has 0 fully saturated rings. The molecule has 0 saturated heterocycles. The number of nitrogens with zero attached hydrogens (tertiary/aromatic N) is 3. The third-order valence-electron chi connectivity index (χ3n) is 4.80. The van der Waals surface area contributed by atoms with Crippen LogP contribution in [0.25, 0.3) is 0 Å². The van der Waals surface area contributed by atoms with Gasteiger partial charge in [0.15, 0.2) is 0 Å². The van der Waals surface area contributed by atoms with Crippen LogP contribution in [-0.2, 0) is 13.0 Å². The third-order valence-corrected chi connectivity index (χ3v) is 5.21. The van der Waals surface area contributed by atoms with Crippen molar-refractivity contribution in [1.29, 1.82) is 0 Å². The minimum atomic E-state index is -0.276. The number of carbonyl (C=O) groups is 1. The second-order valence-electron chi connectivity index (χ2n) is 6.55. The molecule has 136 valence electrons. The van der Waals surface area contributed by atoms with Gasteiger partial charge in [0.2, 0.25) is 5.95 Å². The van der Waals surface area contributed by atoms with Crippen LogP contribution in [0.5, 0.6) is 0 Å². The third kappa shape index (κ3) is 3.64. The Balaban J connectivity index is 1.54. The molecule has 0 atom stereocenters. The van der Waals surface area contributed by atoms with Crippen LogP contribution in [0.15, 0.2) is 54.7 Å². The topological polar surface area (TPSA) is 58.1 Å². The molecule has 1 N–H and O–H groups in total. The molecule has 5 nitrogen and oxygen atoms in total. The van der Waals surface area contributed by atoms with Crippen molar-refractivity contribution in [3.8, 4) is 0 Å². The quantitative estimate of drug-likeness (QED) is 0.740. The first kappa shape index (κ1) is 17.5. The molecule has 1 aliphatic rings. The average Bonchev–Trinajstić information content (AvgIpc) is 2.71. The van der Waals surface area contributed by atoms with E-state index in [-0.39, 0.29) is 5.91 Å². The van der Waals surface area contributed by atoms with Crippen molar-refractivity contribution in [2.24, 2.45) is 0 Å². The molecule has 27 heavy (non-hydrogen) atoms. The van der Waals surface area contributed by atoms with E-state index >= 15 is 0 Å². The van der Waals surface area contributed by atoms with Gasteiger partial charge in [-0.1, -0.05) is 41.9 Å². The largest absolute Gasteiger partial charge is 0.336 e. The van der Waals surface area contributed by atoms with Gasteiger partial charge in [0.05, 0.1) is 0 Å². The van der Waals surface area contributed by atoms with E-state index in [4.69, 9.17) is 11.6 Å². The monoisotopic (exact) mass is 378 g/mol. The lowest BCUT2D eigenvalue weighted by molar-refractivity contribution is 0.102. The van der Waals surface area contributed by atoms with E-state index in [1.54, 1.807) is 18.3 Å². The Bertz CT molecular complexity index is 1000. The lowest BCUT2D eigenvalue weighted by Crippen LogP contribution is -2.32. The van der Waals surface area contributed by atoms with Crippen molar-refractivity contribution < 1.29 is 4.79 Å². The van der Waals surface area contributed by atoms with Gasteiger partial charge in [0, 0.05) is 30.0 Å². The second-order valence-corrected chi connectivity index (χ2v) is 6.96. The van der Waals surface area contributed by atoms with Gasteiger partial charge >= 0.3 is 0 Å². The highest BCUT2D eigenvalue weighted by Gasteiger charge is 2.19. The molecule has 0 saturated carbocycles. The lowest BCUT2D eigenvalue weighted by Gasteiger charge is -2.28. The minimum Gasteiger partial charge on any atom is -0.336 e. The van der Waals surface area contributed by atoms with Crippen LogP contribution >= 0.6 is 11.6 Å². The summed E-state index contributed by atoms with van der Waals surface area (Å²) in [5.74, 6) is 0.293. The van der Waals surface area contributed by atoms with E-state index in [0.717, 1.165) is 25.1 Å². The first-order valence-corrected chi connectivity index (χ1v) is 9.21. The summed E-state index contributed by atoms with van der Waals surface area (Å²) in [6.07, 6.45) is 2.57. The Hall–Kier alpha value is -2.92. The number of carbonyl (C=O) groups excluding carboxylic acids is 1. The van der Waals surface area contributed by atoms with Crippen molar-refractivity contribution >= 4 is 29.1 Å². The summed E-state index contributed by atoms with van der Waals surface area (Å²) < 4.78 is 0. The summed E-state index contributed by atoms with van der Waals surface area (Å²) >= 11 is 6.13. The number of hydrogen-bond acceptors (Lipinski definition) is 4. The van der Waals surface area contributed by atoms with Crippen molar-refractivity contribution in [2.45, 2.75) is 19.9 Å². The van der Waals surface area contributed by atoms with Gasteiger partial charge in [0.1, 0.15) is 5.69 Å². The molecule has 6 heteroatoms. The van der Waals surface area contributed by atoms with Crippen molar-refractivity contribution in [3.05, 3.63) is 82.1 Å². The zero-order valence-corrected chi connectivity index (χ0v) is 15.7. The molecule has 1 aromatic heterocycles. The number of hydrogen-bond donors (Lipinski definition) is 1. The van der Waals surface area contributed by atoms with Gasteiger partial charge in [0.25, 0.3) is 5.91 Å². The molecule has 0 spiro atoms. The molecule has 0 radical (unpaired) electrons. The van der Waals surface area contributed by atoms with Crippen molar-refractivity contribution in [2.75, 3.05) is 16.8 Å². The number of fused-ring (bicyclic) bond motifs is 1. The predicted octanol–water partition coefficient (Wildman–Crippen LogP) is 4.25. The summed E-state index contributed by atoms with van der Waals surface area (Å²) in [5.41, 5.74) is 4.48. The van der Waals surface area contributed by atoms with Crippen molar-refractivity contribution in [1.82, 2.24) is 9.97 Å². The average molecular weight is 379 g/mol. The van der Waals surface area contributed by atoms with Crippen LogP contribution in [0.1, 0.15) is 27.2 Å². The second kappa shape index (κ2) is 7.37. The van der Waals surface area contributed by atoms with E-state index in [9.17, 15) is 4.79 Å². The number of benzene rings is 2. The normalized spacial score (nSPS) is 13.2. The van der Waals surface area contributed by atoms with Gasteiger partial charge in [-0.2, -0.15) is 0 Å². The summed E-state index contributed by atoms with van der Waals surface area (Å²) in [5, 5.41) is 3.49. The van der Waals surface area contributed by atoms with Crippen LogP contribution in [0.4, 0.5) is 11.6 Å². The highest BCUT2D eigenvalue weighted by molar-refractivity contribution is 6.31. The maximum Gasteiger partial charge on any atom is 0.274 e. The zero-order chi connectivity index (χ0) is 18.8. The Morgan fingerprint density at radius 2 is 1.93 bits per heavy atom. The molecule has 0 bridgehead atoms. The number of aromatic nitrogens is 2. The smallest absolute Gasteiger partial charge is 0.274 e. The van der Waals surface area contributed by atoms with Crippen LogP contribution in [0.2, 0.25) is 5.02 Å². The molecular formula is C21H19ClN4O. The maximum atomic E-state index is 12.6. The Morgan fingerprint density at radius 3 is 2.78 bits per heavy atom. The van der Waals surface area contributed by atoms with Gasteiger partial charge in [-0.3, -0.25) is 4.79 Å². The van der Waals surface area contributed by atoms with Crippen LogP contribution < -0.4 is 10.2 Å². The molecular weight excluding hydrogens is 360 g/mol. The van der Waals surface area contributed by atoms with Crippen molar-refractivity contribution in [3.63, 3.8) is 0 Å². The highest BCUT2D eigenvalue weighted by Crippen LogP contribution is 2.24. The number of amides is 1. The molecule has 3 aromatic rings. The molecule has 2 aromatic carbocycles. The van der Waals surface area contributed by atoms with E-state index in [2.05, 4.69) is 38.4 Å². The van der Waals surface area contributed by atoms with Crippen LogP contribution in [0, 0.1) is 6.92 Å². The molecule has 0 unspecified atom stereocenters. The van der Waals surface area contributed by atoms with Crippen LogP contribution in [-0.4, -0.2) is 22.4 Å². The summed E-state index contributed by atoms with van der Waals surface area (Å²) in [6.45, 7) is 3.44. The van der Waals surface area contributed by atoms with Gasteiger partial charge < -0.3 is 10.2 Å². The summed E-state index contributed by atoms with van der Waals surface area (Å²) in [7, 11) is 0. The lowest BCUT2D eigenvalue weighted by atomic mass is 10.0. The molecule has 1 amide bonds. The molecule has 0 aliphatic carbocycles. The fourth-order valence-corrected chi connectivity index (χ4v) is 3.40. The number of halogens is 1. The summed E-state index contributed by atoms with van der Waals surface area (Å²) in [4.78, 5) is 23.6. The standard InChI is InChI=1S/C21H19ClN4O/c1-14-17(22)7-4-8-18(14)24-20(27)19-9-11-23-21(25-19)26-12-10-15-5-2-3-6-16(15)13-26/h2-9,11H,10,12-13H2,1H3,(H,24,27). The van der Waals surface area contributed by atoms with Crippen LogP contribution in [0.3, 0.4) is 0 Å². The zero-order valence-electron chi connectivity index (χ0n) is 14.9. The Morgan fingerprint density at radius 1 is 1.11 bits per heavy atom. The fourth-order valence-electron chi connectivity index (χ4n) is 3.22. The first-order valence-electron chi connectivity index (χ1n) is 8.83. The SMILES string of the molecule is Cc1c(Cl)cccc1NC(=O)c1ccnc(N2CCc3ccccc3C2)n1. The molecule has 1 aliphatic heterocycles. The minimum absolute atomic E-state index is 0.276. The summed E-state index contributed by atoms with van der Waals surface area (Å²) in [6, 6.07) is 15.4. The van der Waals surface area contributed by atoms with E-state index in [1.165, 1.54) is 11.1 Å². The predicted molar refractivity (Wildman–Crippen MR) is 107 cm³/mol. The first-order chi connectivity index (χ1) is 13.1. The maximum absolute atomic E-state index is 12.6. The Labute approximate surface area is 163 Å².